The Bertz CT molecular complexity index is 995. The molecule has 156 valence electrons. The molecule has 0 bridgehead atoms. The first-order valence-corrected chi connectivity index (χ1v) is 10.1. The summed E-state index contributed by atoms with van der Waals surface area (Å²) in [4.78, 5) is 11.8. The lowest BCUT2D eigenvalue weighted by Crippen LogP contribution is -2.19. The van der Waals surface area contributed by atoms with Crippen LogP contribution >= 0.6 is 11.3 Å². The number of rotatable bonds is 8. The van der Waals surface area contributed by atoms with Crippen LogP contribution in [0.25, 0.3) is 10.9 Å². The third-order valence-electron chi connectivity index (χ3n) is 4.48. The zero-order chi connectivity index (χ0) is 21.2. The lowest BCUT2D eigenvalue weighted by Gasteiger charge is -2.20. The molecule has 1 N–H and O–H groups in total. The van der Waals surface area contributed by atoms with Crippen LogP contribution in [0.3, 0.4) is 0 Å². The van der Waals surface area contributed by atoms with Gasteiger partial charge in [0.1, 0.15) is 11.3 Å². The molecule has 0 radical (unpaired) electrons. The monoisotopic (exact) mass is 427 g/mol. The van der Waals surface area contributed by atoms with Crippen molar-refractivity contribution in [2.24, 2.45) is 0 Å². The van der Waals surface area contributed by atoms with Crippen LogP contribution in [0.4, 0.5) is 13.2 Å². The molecule has 3 aromatic rings. The van der Waals surface area contributed by atoms with E-state index >= 15 is 0 Å². The number of ether oxygens (including phenoxy) is 1. The van der Waals surface area contributed by atoms with E-state index in [4.69, 9.17) is 4.74 Å². The van der Waals surface area contributed by atoms with E-state index in [9.17, 15) is 23.1 Å². The van der Waals surface area contributed by atoms with Crippen LogP contribution < -0.4 is 4.74 Å². The molecule has 0 spiro atoms. The standard InChI is InChI=1S/C20H20F3NO4S/c1-3-5-11-9-14-15(24-28-18(14)20(21,22)23)13(6-4-2)16(11)27-17(19(25)26)12-7-8-29-10-12/h7-10,17H,3-6H2,1-2H3,(H,25,26). The van der Waals surface area contributed by atoms with Crippen molar-refractivity contribution in [3.63, 3.8) is 0 Å². The number of hydrogen-bond acceptors (Lipinski definition) is 5. The summed E-state index contributed by atoms with van der Waals surface area (Å²) >= 11 is 1.34. The lowest BCUT2D eigenvalue weighted by molar-refractivity contribution is -0.154. The van der Waals surface area contributed by atoms with Gasteiger partial charge in [-0.15, -0.1) is 0 Å². The number of carbonyl (C=O) groups is 1. The van der Waals surface area contributed by atoms with Crippen molar-refractivity contribution in [1.29, 1.82) is 0 Å². The number of nitrogens with zero attached hydrogens (tertiary/aromatic N) is 1. The Morgan fingerprint density at radius 2 is 2.03 bits per heavy atom. The molecule has 1 atom stereocenters. The predicted molar refractivity (Wildman–Crippen MR) is 102 cm³/mol. The molecular formula is C20H20F3NO4S. The maximum atomic E-state index is 13.3. The van der Waals surface area contributed by atoms with Gasteiger partial charge in [-0.25, -0.2) is 4.79 Å². The third kappa shape index (κ3) is 4.24. The van der Waals surface area contributed by atoms with Gasteiger partial charge in [-0.1, -0.05) is 31.8 Å². The SMILES string of the molecule is CCCc1cc2c(C(F)(F)F)onc2c(CCC)c1OC(C(=O)O)c1ccsc1. The number of aliphatic carboxylic acids is 1. The Hall–Kier alpha value is -2.55. The number of halogens is 3. The maximum Gasteiger partial charge on any atom is 0.453 e. The first-order valence-electron chi connectivity index (χ1n) is 9.20. The predicted octanol–water partition coefficient (Wildman–Crippen LogP) is 6.02. The van der Waals surface area contributed by atoms with Crippen LogP contribution in [0.15, 0.2) is 27.4 Å². The zero-order valence-electron chi connectivity index (χ0n) is 15.9. The fourth-order valence-corrected chi connectivity index (χ4v) is 3.95. The topological polar surface area (TPSA) is 72.6 Å². The smallest absolute Gasteiger partial charge is 0.453 e. The van der Waals surface area contributed by atoms with E-state index in [1.165, 1.54) is 17.4 Å². The molecular weight excluding hydrogens is 407 g/mol. The number of aryl methyl sites for hydroxylation is 2. The Morgan fingerprint density at radius 1 is 1.31 bits per heavy atom. The van der Waals surface area contributed by atoms with Gasteiger partial charge in [-0.2, -0.15) is 24.5 Å². The average molecular weight is 427 g/mol. The molecule has 0 fully saturated rings. The molecule has 0 aliphatic rings. The van der Waals surface area contributed by atoms with Crippen molar-refractivity contribution in [3.8, 4) is 5.75 Å². The van der Waals surface area contributed by atoms with Crippen molar-refractivity contribution < 1.29 is 32.3 Å². The fraction of sp³-hybridized carbons (Fsp3) is 0.400. The molecule has 0 saturated carbocycles. The minimum absolute atomic E-state index is 0.0588. The minimum Gasteiger partial charge on any atom is -0.478 e. The number of aromatic nitrogens is 1. The molecule has 3 rings (SSSR count). The molecule has 9 heteroatoms. The van der Waals surface area contributed by atoms with Crippen LogP contribution in [0.5, 0.6) is 5.75 Å². The van der Waals surface area contributed by atoms with Crippen molar-refractivity contribution in [1.82, 2.24) is 5.16 Å². The quantitative estimate of drug-likeness (QED) is 0.476. The Morgan fingerprint density at radius 3 is 2.59 bits per heavy atom. The first-order chi connectivity index (χ1) is 13.8. The van der Waals surface area contributed by atoms with Crippen LogP contribution in [0.1, 0.15) is 55.2 Å². The van der Waals surface area contributed by atoms with Crippen molar-refractivity contribution in [3.05, 3.63) is 45.3 Å². The normalized spacial score (nSPS) is 13.0. The number of alkyl halides is 3. The zero-order valence-corrected chi connectivity index (χ0v) is 16.7. The van der Waals surface area contributed by atoms with Crippen LogP contribution in [0, 0.1) is 0 Å². The van der Waals surface area contributed by atoms with E-state index in [0.717, 1.165) is 0 Å². The number of thiophene rings is 1. The van der Waals surface area contributed by atoms with E-state index in [-0.39, 0.29) is 16.7 Å². The van der Waals surface area contributed by atoms with Gasteiger partial charge < -0.3 is 14.4 Å². The molecule has 1 aromatic carbocycles. The van der Waals surface area contributed by atoms with Gasteiger partial charge in [0.25, 0.3) is 0 Å². The highest BCUT2D eigenvalue weighted by Crippen LogP contribution is 2.42. The summed E-state index contributed by atoms with van der Waals surface area (Å²) in [6.45, 7) is 3.76. The maximum absolute atomic E-state index is 13.3. The van der Waals surface area contributed by atoms with Crippen molar-refractivity contribution >= 4 is 28.2 Å². The second-order valence-electron chi connectivity index (χ2n) is 6.64. The number of carboxylic acid groups (broad SMARTS) is 1. The summed E-state index contributed by atoms with van der Waals surface area (Å²) in [5.74, 6) is -2.05. The second kappa shape index (κ2) is 8.44. The Balaban J connectivity index is 2.22. The second-order valence-corrected chi connectivity index (χ2v) is 7.42. The molecule has 0 aliphatic carbocycles. The van der Waals surface area contributed by atoms with Gasteiger partial charge in [0.05, 0.1) is 5.39 Å². The number of hydrogen-bond donors (Lipinski definition) is 1. The molecule has 0 amide bonds. The Kier molecular flexibility index (Phi) is 6.16. The molecule has 2 heterocycles. The van der Waals surface area contributed by atoms with Crippen LogP contribution in [-0.4, -0.2) is 16.2 Å². The van der Waals surface area contributed by atoms with Gasteiger partial charge >= 0.3 is 12.1 Å². The van der Waals surface area contributed by atoms with Gasteiger partial charge in [0.2, 0.25) is 11.9 Å². The van der Waals surface area contributed by atoms with E-state index in [1.54, 1.807) is 16.8 Å². The molecule has 29 heavy (non-hydrogen) atoms. The van der Waals surface area contributed by atoms with Gasteiger partial charge in [0, 0.05) is 11.1 Å². The van der Waals surface area contributed by atoms with E-state index in [1.807, 2.05) is 13.8 Å². The number of benzene rings is 1. The summed E-state index contributed by atoms with van der Waals surface area (Å²) in [6.07, 6.45) is -3.87. The molecule has 2 aromatic heterocycles. The van der Waals surface area contributed by atoms with Gasteiger partial charge in [-0.3, -0.25) is 0 Å². The molecule has 0 saturated heterocycles. The summed E-state index contributed by atoms with van der Waals surface area (Å²) < 4.78 is 50.6. The molecule has 5 nitrogen and oxygen atoms in total. The lowest BCUT2D eigenvalue weighted by atomic mass is 9.97. The summed E-state index contributed by atoms with van der Waals surface area (Å²) in [5, 5.41) is 16.6. The van der Waals surface area contributed by atoms with Crippen LogP contribution in [0.2, 0.25) is 0 Å². The fourth-order valence-electron chi connectivity index (χ4n) is 3.28. The first kappa shape index (κ1) is 21.2. The highest BCUT2D eigenvalue weighted by molar-refractivity contribution is 7.08. The third-order valence-corrected chi connectivity index (χ3v) is 5.18. The molecule has 0 aliphatic heterocycles. The number of fused-ring (bicyclic) bond motifs is 1. The van der Waals surface area contributed by atoms with Gasteiger partial charge in [-0.05, 0) is 41.3 Å². The minimum atomic E-state index is -4.68. The Labute approximate surface area is 169 Å². The largest absolute Gasteiger partial charge is 0.478 e. The van der Waals surface area contributed by atoms with Gasteiger partial charge in [0.15, 0.2) is 0 Å². The summed E-state index contributed by atoms with van der Waals surface area (Å²) in [5.41, 5.74) is 1.49. The summed E-state index contributed by atoms with van der Waals surface area (Å²) in [7, 11) is 0. The summed E-state index contributed by atoms with van der Waals surface area (Å²) in [6, 6.07) is 3.01. The molecule has 1 unspecified atom stereocenters. The average Bonchev–Trinajstić information content (AvgIpc) is 3.30. The van der Waals surface area contributed by atoms with Crippen molar-refractivity contribution in [2.75, 3.05) is 0 Å². The van der Waals surface area contributed by atoms with E-state index < -0.39 is 24.0 Å². The van der Waals surface area contributed by atoms with Crippen LogP contribution in [-0.2, 0) is 23.8 Å². The highest BCUT2D eigenvalue weighted by atomic mass is 32.1. The number of carboxylic acids is 1. The van der Waals surface area contributed by atoms with E-state index in [0.29, 0.717) is 42.4 Å². The highest BCUT2D eigenvalue weighted by Gasteiger charge is 2.39. The van der Waals surface area contributed by atoms with Crippen molar-refractivity contribution in [2.45, 2.75) is 51.8 Å². The van der Waals surface area contributed by atoms with E-state index in [2.05, 4.69) is 9.68 Å².